The fourth-order valence-corrected chi connectivity index (χ4v) is 1.02. The van der Waals surface area contributed by atoms with E-state index in [0.29, 0.717) is 17.6 Å². The minimum atomic E-state index is 0.250. The molecule has 0 amide bonds. The summed E-state index contributed by atoms with van der Waals surface area (Å²) in [5.74, 6) is 1.76. The number of carbonyl (C=O) groups excluding carboxylic acids is 1. The molecule has 15 heavy (non-hydrogen) atoms. The van der Waals surface area contributed by atoms with Crippen molar-refractivity contribution in [2.24, 2.45) is 11.8 Å². The number of ketones is 1. The SMILES string of the molecule is CC(C)CCC(=O)CCC(C)C.CCO. The molecule has 1 N–H and O–H groups in total. The van der Waals surface area contributed by atoms with Crippen LogP contribution >= 0.6 is 0 Å². The highest BCUT2D eigenvalue weighted by molar-refractivity contribution is 5.78. The van der Waals surface area contributed by atoms with E-state index in [4.69, 9.17) is 5.11 Å². The van der Waals surface area contributed by atoms with Crippen LogP contribution in [0, 0.1) is 11.8 Å². The molecule has 0 spiro atoms. The van der Waals surface area contributed by atoms with Crippen molar-refractivity contribution < 1.29 is 9.90 Å². The Balaban J connectivity index is 0. The molecule has 0 bridgehead atoms. The molecule has 0 saturated carbocycles. The Bertz CT molecular complexity index is 125. The smallest absolute Gasteiger partial charge is 0.132 e. The predicted octanol–water partition coefficient (Wildman–Crippen LogP) is 3.43. The van der Waals surface area contributed by atoms with Crippen molar-refractivity contribution in [3.63, 3.8) is 0 Å². The Morgan fingerprint density at radius 2 is 1.27 bits per heavy atom. The summed E-state index contributed by atoms with van der Waals surface area (Å²) in [5, 5.41) is 7.57. The van der Waals surface area contributed by atoms with Crippen molar-refractivity contribution in [1.29, 1.82) is 0 Å². The third-order valence-electron chi connectivity index (χ3n) is 2.00. The summed E-state index contributed by atoms with van der Waals surface area (Å²) >= 11 is 0. The van der Waals surface area contributed by atoms with Gasteiger partial charge in [0.15, 0.2) is 0 Å². The molecule has 0 atom stereocenters. The maximum atomic E-state index is 11.3. The van der Waals surface area contributed by atoms with E-state index in [9.17, 15) is 4.79 Å². The molecule has 0 saturated heterocycles. The summed E-state index contributed by atoms with van der Waals surface area (Å²) in [7, 11) is 0. The zero-order valence-corrected chi connectivity index (χ0v) is 11.0. The van der Waals surface area contributed by atoms with Crippen molar-refractivity contribution in [1.82, 2.24) is 0 Å². The molecule has 92 valence electrons. The number of hydrogen-bond acceptors (Lipinski definition) is 2. The van der Waals surface area contributed by atoms with E-state index in [2.05, 4.69) is 27.7 Å². The van der Waals surface area contributed by atoms with Gasteiger partial charge in [0, 0.05) is 19.4 Å². The van der Waals surface area contributed by atoms with Gasteiger partial charge in [-0.15, -0.1) is 0 Å². The van der Waals surface area contributed by atoms with Crippen molar-refractivity contribution in [3.8, 4) is 0 Å². The normalized spacial score (nSPS) is 10.1. The fourth-order valence-electron chi connectivity index (χ4n) is 1.02. The summed E-state index contributed by atoms with van der Waals surface area (Å²) in [6.07, 6.45) is 3.67. The molecular formula is C13H28O2. The van der Waals surface area contributed by atoms with Crippen LogP contribution in [-0.4, -0.2) is 17.5 Å². The highest BCUT2D eigenvalue weighted by Crippen LogP contribution is 2.09. The van der Waals surface area contributed by atoms with Gasteiger partial charge in [0.05, 0.1) is 0 Å². The highest BCUT2D eigenvalue weighted by atomic mass is 16.2. The molecular weight excluding hydrogens is 188 g/mol. The molecule has 2 heteroatoms. The Labute approximate surface area is 95.1 Å². The first-order valence-electron chi connectivity index (χ1n) is 6.06. The predicted molar refractivity (Wildman–Crippen MR) is 65.9 cm³/mol. The summed E-state index contributed by atoms with van der Waals surface area (Å²) in [5.41, 5.74) is 0. The van der Waals surface area contributed by atoms with E-state index in [1.807, 2.05) is 0 Å². The van der Waals surface area contributed by atoms with E-state index in [1.165, 1.54) is 0 Å². The standard InChI is InChI=1S/C11H22O.C2H6O/c1-9(2)5-7-11(12)8-6-10(3)4;1-2-3/h9-10H,5-8H2,1-4H3;3H,2H2,1H3. The van der Waals surface area contributed by atoms with Crippen molar-refractivity contribution in [2.75, 3.05) is 6.61 Å². The van der Waals surface area contributed by atoms with Gasteiger partial charge in [-0.1, -0.05) is 27.7 Å². The summed E-state index contributed by atoms with van der Waals surface area (Å²) in [6, 6.07) is 0. The first-order chi connectivity index (χ1) is 6.93. The van der Waals surface area contributed by atoms with Gasteiger partial charge < -0.3 is 5.11 Å². The quantitative estimate of drug-likeness (QED) is 0.738. The van der Waals surface area contributed by atoms with Crippen LogP contribution in [0.25, 0.3) is 0 Å². The van der Waals surface area contributed by atoms with Crippen molar-refractivity contribution in [2.45, 2.75) is 60.3 Å². The summed E-state index contributed by atoms with van der Waals surface area (Å²) in [6.45, 7) is 10.6. The van der Waals surface area contributed by atoms with Crippen molar-refractivity contribution >= 4 is 5.78 Å². The van der Waals surface area contributed by atoms with Gasteiger partial charge in [0.1, 0.15) is 5.78 Å². The zero-order valence-electron chi connectivity index (χ0n) is 11.0. The maximum absolute atomic E-state index is 11.3. The molecule has 0 aromatic heterocycles. The Morgan fingerprint density at radius 3 is 1.47 bits per heavy atom. The van der Waals surface area contributed by atoms with Gasteiger partial charge in [0.2, 0.25) is 0 Å². The summed E-state index contributed by atoms with van der Waals surface area (Å²) in [4.78, 5) is 11.3. The van der Waals surface area contributed by atoms with Gasteiger partial charge in [-0.3, -0.25) is 4.79 Å². The van der Waals surface area contributed by atoms with E-state index in [0.717, 1.165) is 25.7 Å². The van der Waals surface area contributed by atoms with Crippen molar-refractivity contribution in [3.05, 3.63) is 0 Å². The van der Waals surface area contributed by atoms with Gasteiger partial charge in [-0.2, -0.15) is 0 Å². The van der Waals surface area contributed by atoms with Crippen LogP contribution in [0.3, 0.4) is 0 Å². The van der Waals surface area contributed by atoms with Gasteiger partial charge in [-0.05, 0) is 31.6 Å². The summed E-state index contributed by atoms with van der Waals surface area (Å²) < 4.78 is 0. The van der Waals surface area contributed by atoms with E-state index < -0.39 is 0 Å². The second-order valence-corrected chi connectivity index (χ2v) is 4.72. The molecule has 0 aliphatic rings. The molecule has 0 radical (unpaired) electrons. The van der Waals surface area contributed by atoms with Gasteiger partial charge in [-0.25, -0.2) is 0 Å². The van der Waals surface area contributed by atoms with Crippen LogP contribution in [-0.2, 0) is 4.79 Å². The molecule has 2 nitrogen and oxygen atoms in total. The van der Waals surface area contributed by atoms with Crippen LogP contribution in [0.1, 0.15) is 60.3 Å². The van der Waals surface area contributed by atoms with Crippen LogP contribution in [0.2, 0.25) is 0 Å². The Hall–Kier alpha value is -0.370. The number of aliphatic hydroxyl groups is 1. The third kappa shape index (κ3) is 19.9. The Kier molecular flexibility index (Phi) is 13.3. The zero-order chi connectivity index (χ0) is 12.3. The lowest BCUT2D eigenvalue weighted by molar-refractivity contribution is -0.119. The molecule has 0 unspecified atom stereocenters. The molecule has 0 aromatic carbocycles. The maximum Gasteiger partial charge on any atom is 0.132 e. The lowest BCUT2D eigenvalue weighted by atomic mass is 10.0. The molecule has 0 aromatic rings. The molecule has 0 aliphatic heterocycles. The van der Waals surface area contributed by atoms with Gasteiger partial charge >= 0.3 is 0 Å². The van der Waals surface area contributed by atoms with Crippen LogP contribution in [0.4, 0.5) is 0 Å². The number of carbonyl (C=O) groups is 1. The molecule has 0 aliphatic carbocycles. The van der Waals surface area contributed by atoms with E-state index in [-0.39, 0.29) is 6.61 Å². The molecule has 0 fully saturated rings. The number of aliphatic hydroxyl groups excluding tert-OH is 1. The average Bonchev–Trinajstić information content (AvgIpc) is 2.12. The highest BCUT2D eigenvalue weighted by Gasteiger charge is 2.04. The monoisotopic (exact) mass is 216 g/mol. The topological polar surface area (TPSA) is 37.3 Å². The second kappa shape index (κ2) is 11.7. The first kappa shape index (κ1) is 17.0. The largest absolute Gasteiger partial charge is 0.397 e. The molecule has 0 rings (SSSR count). The van der Waals surface area contributed by atoms with E-state index >= 15 is 0 Å². The minimum absolute atomic E-state index is 0.250. The van der Waals surface area contributed by atoms with Crippen LogP contribution in [0.15, 0.2) is 0 Å². The average molecular weight is 216 g/mol. The van der Waals surface area contributed by atoms with E-state index in [1.54, 1.807) is 6.92 Å². The fraction of sp³-hybridized carbons (Fsp3) is 0.923. The molecule has 0 heterocycles. The second-order valence-electron chi connectivity index (χ2n) is 4.72. The van der Waals surface area contributed by atoms with Gasteiger partial charge in [0.25, 0.3) is 0 Å². The number of Topliss-reactive ketones (excluding diaryl/α,β-unsaturated/α-hetero) is 1. The first-order valence-corrected chi connectivity index (χ1v) is 6.06. The lowest BCUT2D eigenvalue weighted by Crippen LogP contribution is -2.02. The Morgan fingerprint density at radius 1 is 1.00 bits per heavy atom. The third-order valence-corrected chi connectivity index (χ3v) is 2.00. The number of hydrogen-bond donors (Lipinski definition) is 1. The number of rotatable bonds is 6. The lowest BCUT2D eigenvalue weighted by Gasteiger charge is -2.05. The van der Waals surface area contributed by atoms with Crippen LogP contribution in [0.5, 0.6) is 0 Å². The van der Waals surface area contributed by atoms with Crippen LogP contribution < -0.4 is 0 Å². The minimum Gasteiger partial charge on any atom is -0.397 e.